The molecule has 0 aromatic heterocycles. The van der Waals surface area contributed by atoms with Crippen molar-refractivity contribution in [2.45, 2.75) is 45.3 Å². The van der Waals surface area contributed by atoms with Gasteiger partial charge < -0.3 is 14.2 Å². The summed E-state index contributed by atoms with van der Waals surface area (Å²) in [7, 11) is 0. The third kappa shape index (κ3) is 4.47. The van der Waals surface area contributed by atoms with Crippen molar-refractivity contribution in [1.82, 2.24) is 0 Å². The van der Waals surface area contributed by atoms with E-state index in [1.807, 2.05) is 6.92 Å². The number of non-ortho nitro benzene ring substituents is 1. The Bertz CT molecular complexity index is 790. The van der Waals surface area contributed by atoms with Gasteiger partial charge in [0.25, 0.3) is 11.8 Å². The normalized spacial score (nSPS) is 25.0. The molecule has 1 aromatic rings. The van der Waals surface area contributed by atoms with E-state index >= 15 is 0 Å². The molecule has 0 bridgehead atoms. The van der Waals surface area contributed by atoms with Crippen molar-refractivity contribution in [2.24, 2.45) is 10.4 Å². The molecule has 0 N–H and O–H groups in total. The van der Waals surface area contributed by atoms with Crippen molar-refractivity contribution < 1.29 is 28.7 Å². The number of nitro benzene ring substituents is 1. The molecule has 0 unspecified atom stereocenters. The number of carbonyl (C=O) groups excluding carboxylic acids is 2. The van der Waals surface area contributed by atoms with Gasteiger partial charge in [-0.1, -0.05) is 6.92 Å². The van der Waals surface area contributed by atoms with Crippen LogP contribution in [0.3, 0.4) is 0 Å². The monoisotopic (exact) mass is 390 g/mol. The van der Waals surface area contributed by atoms with E-state index in [1.54, 1.807) is 0 Å². The van der Waals surface area contributed by atoms with Crippen LogP contribution in [0.2, 0.25) is 0 Å². The van der Waals surface area contributed by atoms with Gasteiger partial charge in [0.15, 0.2) is 5.90 Å². The van der Waals surface area contributed by atoms with Gasteiger partial charge in [0.2, 0.25) is 0 Å². The number of rotatable bonds is 4. The van der Waals surface area contributed by atoms with Gasteiger partial charge >= 0.3 is 11.9 Å². The lowest BCUT2D eigenvalue weighted by atomic mass is 9.83. The van der Waals surface area contributed by atoms with Crippen molar-refractivity contribution in [2.75, 3.05) is 13.2 Å². The van der Waals surface area contributed by atoms with E-state index in [0.29, 0.717) is 24.4 Å². The number of ether oxygens (including phenoxy) is 3. The minimum Gasteiger partial charge on any atom is -0.462 e. The number of aliphatic imine (C=N–C) groups is 1. The topological polar surface area (TPSA) is 117 Å². The van der Waals surface area contributed by atoms with Gasteiger partial charge in [-0.2, -0.15) is 0 Å². The Balaban J connectivity index is 1.68. The molecule has 0 saturated carbocycles. The summed E-state index contributed by atoms with van der Waals surface area (Å²) in [5.74, 6) is -1.28. The number of carbonyl (C=O) groups is 2. The highest BCUT2D eigenvalue weighted by molar-refractivity contribution is 6.01. The molecule has 0 amide bonds. The molecule has 1 saturated heterocycles. The van der Waals surface area contributed by atoms with Crippen LogP contribution in [-0.4, -0.2) is 42.0 Å². The quantitative estimate of drug-likeness (QED) is 0.335. The Morgan fingerprint density at radius 2 is 2.07 bits per heavy atom. The Morgan fingerprint density at radius 3 is 2.79 bits per heavy atom. The molecule has 3 rings (SSSR count). The lowest BCUT2D eigenvalue weighted by Gasteiger charge is -2.28. The summed E-state index contributed by atoms with van der Waals surface area (Å²) in [6.07, 6.45) is 1.70. The van der Waals surface area contributed by atoms with Gasteiger partial charge in [-0.3, -0.25) is 15.1 Å². The Hall–Kier alpha value is -2.97. The Kier molecular flexibility index (Phi) is 5.91. The first kappa shape index (κ1) is 19.8. The minimum atomic E-state index is -1.53. The van der Waals surface area contributed by atoms with E-state index in [0.717, 1.165) is 19.3 Å². The molecule has 2 aliphatic rings. The molecule has 0 spiro atoms. The fraction of sp³-hybridized carbons (Fsp3) is 0.526. The molecule has 2 atom stereocenters. The lowest BCUT2D eigenvalue weighted by Crippen LogP contribution is -2.41. The van der Waals surface area contributed by atoms with Gasteiger partial charge in [0.05, 0.1) is 11.5 Å². The second-order valence-electron chi connectivity index (χ2n) is 7.15. The molecular weight excluding hydrogens is 368 g/mol. The smallest absolute Gasteiger partial charge is 0.359 e. The summed E-state index contributed by atoms with van der Waals surface area (Å²) in [6.45, 7) is 2.68. The van der Waals surface area contributed by atoms with Crippen LogP contribution in [0.25, 0.3) is 0 Å². The molecule has 1 fully saturated rings. The number of fused-ring (bicyclic) bond motifs is 1. The number of hydrogen-bond donors (Lipinski definition) is 0. The maximum absolute atomic E-state index is 12.5. The molecule has 1 aromatic carbocycles. The summed E-state index contributed by atoms with van der Waals surface area (Å²) in [4.78, 5) is 39.3. The van der Waals surface area contributed by atoms with Crippen molar-refractivity contribution >= 4 is 23.5 Å². The van der Waals surface area contributed by atoms with Crippen LogP contribution in [0.15, 0.2) is 29.3 Å². The van der Waals surface area contributed by atoms with Gasteiger partial charge in [-0.25, -0.2) is 9.59 Å². The summed E-state index contributed by atoms with van der Waals surface area (Å²) in [5.41, 5.74) is 0.192. The van der Waals surface area contributed by atoms with Gasteiger partial charge in [-0.15, -0.1) is 0 Å². The zero-order chi connectivity index (χ0) is 20.1. The van der Waals surface area contributed by atoms with Crippen LogP contribution in [0, 0.1) is 15.5 Å². The number of nitro groups is 1. The number of benzene rings is 1. The van der Waals surface area contributed by atoms with Crippen LogP contribution in [-0.2, 0) is 30.4 Å². The first-order valence-corrected chi connectivity index (χ1v) is 9.17. The third-order valence-corrected chi connectivity index (χ3v) is 4.99. The maximum atomic E-state index is 12.5. The molecule has 0 aliphatic carbocycles. The molecule has 2 aliphatic heterocycles. The first-order chi connectivity index (χ1) is 13.4. The van der Waals surface area contributed by atoms with Crippen molar-refractivity contribution in [1.29, 1.82) is 0 Å². The second-order valence-corrected chi connectivity index (χ2v) is 7.15. The van der Waals surface area contributed by atoms with Crippen LogP contribution in [0.4, 0.5) is 5.69 Å². The van der Waals surface area contributed by atoms with Crippen LogP contribution < -0.4 is 0 Å². The fourth-order valence-electron chi connectivity index (χ4n) is 3.23. The van der Waals surface area contributed by atoms with E-state index in [4.69, 9.17) is 14.2 Å². The molecule has 150 valence electrons. The predicted molar refractivity (Wildman–Crippen MR) is 97.6 cm³/mol. The highest BCUT2D eigenvalue weighted by Crippen LogP contribution is 2.36. The molecule has 0 radical (unpaired) electrons. The van der Waals surface area contributed by atoms with Crippen molar-refractivity contribution in [3.8, 4) is 0 Å². The SMILES string of the molecule is C[C@@]12CCCCOC(=O)[C@@H](C(=O)OCc3ccc([N+](=O)[O-])cc3)OC1=NCC2. The van der Waals surface area contributed by atoms with Crippen LogP contribution in [0.5, 0.6) is 0 Å². The standard InChI is InChI=1S/C19H22N2O7/c1-19-8-2-3-11-26-16(22)15(28-18(19)20-10-9-19)17(23)27-12-13-4-6-14(7-5-13)21(24)25/h4-7,15H,2-3,8-12H2,1H3/t15-,19-/m0/s1. The van der Waals surface area contributed by atoms with E-state index < -0.39 is 23.0 Å². The highest BCUT2D eigenvalue weighted by atomic mass is 16.6. The van der Waals surface area contributed by atoms with E-state index in [2.05, 4.69) is 4.99 Å². The van der Waals surface area contributed by atoms with Crippen molar-refractivity contribution in [3.63, 3.8) is 0 Å². The van der Waals surface area contributed by atoms with E-state index in [1.165, 1.54) is 24.3 Å². The number of nitrogens with zero attached hydrogens (tertiary/aromatic N) is 2. The molecule has 2 heterocycles. The molecule has 28 heavy (non-hydrogen) atoms. The number of cyclic esters (lactones) is 1. The van der Waals surface area contributed by atoms with Gasteiger partial charge in [0.1, 0.15) is 6.61 Å². The van der Waals surface area contributed by atoms with Crippen LogP contribution >= 0.6 is 0 Å². The third-order valence-electron chi connectivity index (χ3n) is 4.99. The highest BCUT2D eigenvalue weighted by Gasteiger charge is 2.42. The summed E-state index contributed by atoms with van der Waals surface area (Å²) in [6, 6.07) is 5.60. The van der Waals surface area contributed by atoms with Gasteiger partial charge in [0, 0.05) is 24.1 Å². The largest absolute Gasteiger partial charge is 0.462 e. The Morgan fingerprint density at radius 1 is 1.32 bits per heavy atom. The fourth-order valence-corrected chi connectivity index (χ4v) is 3.23. The second kappa shape index (κ2) is 8.37. The minimum absolute atomic E-state index is 0.0622. The molecule has 9 nitrogen and oxygen atoms in total. The lowest BCUT2D eigenvalue weighted by molar-refractivity contribution is -0.384. The first-order valence-electron chi connectivity index (χ1n) is 9.17. The molecular formula is C19H22N2O7. The number of hydrogen-bond acceptors (Lipinski definition) is 8. The maximum Gasteiger partial charge on any atom is 0.359 e. The summed E-state index contributed by atoms with van der Waals surface area (Å²) < 4.78 is 16.0. The summed E-state index contributed by atoms with van der Waals surface area (Å²) in [5, 5.41) is 10.7. The number of esters is 2. The van der Waals surface area contributed by atoms with E-state index in [-0.39, 0.29) is 24.3 Å². The predicted octanol–water partition coefficient (Wildman–Crippen LogP) is 2.56. The van der Waals surface area contributed by atoms with Crippen LogP contribution in [0.1, 0.15) is 38.2 Å². The van der Waals surface area contributed by atoms with E-state index in [9.17, 15) is 19.7 Å². The zero-order valence-electron chi connectivity index (χ0n) is 15.6. The average Bonchev–Trinajstić information content (AvgIpc) is 3.04. The van der Waals surface area contributed by atoms with Gasteiger partial charge in [-0.05, 0) is 43.4 Å². The zero-order valence-corrected chi connectivity index (χ0v) is 15.6. The summed E-state index contributed by atoms with van der Waals surface area (Å²) >= 11 is 0. The Labute approximate surface area is 161 Å². The average molecular weight is 390 g/mol. The van der Waals surface area contributed by atoms with Crippen molar-refractivity contribution in [3.05, 3.63) is 39.9 Å². The molecule has 9 heteroatoms.